The molecule has 0 heterocycles. The highest BCUT2D eigenvalue weighted by Crippen LogP contribution is 2.12. The van der Waals surface area contributed by atoms with Crippen molar-refractivity contribution in [3.05, 3.63) is 85.1 Å². The van der Waals surface area contributed by atoms with Crippen molar-refractivity contribution in [1.29, 1.82) is 0 Å². The maximum Gasteiger partial charge on any atom is 0.306 e. The highest BCUT2D eigenvalue weighted by atomic mass is 16.6. The van der Waals surface area contributed by atoms with Gasteiger partial charge in [0.1, 0.15) is 13.2 Å². The molecule has 0 bridgehead atoms. The lowest BCUT2D eigenvalue weighted by Gasteiger charge is -2.18. The van der Waals surface area contributed by atoms with Crippen LogP contribution >= 0.6 is 0 Å². The van der Waals surface area contributed by atoms with Crippen LogP contribution in [0.15, 0.2) is 85.1 Å². The van der Waals surface area contributed by atoms with Gasteiger partial charge in [0.15, 0.2) is 6.10 Å². The van der Waals surface area contributed by atoms with Gasteiger partial charge in [0, 0.05) is 19.3 Å². The van der Waals surface area contributed by atoms with Crippen LogP contribution in [0, 0.1) is 0 Å². The number of hydrogen-bond donors (Lipinski definition) is 0. The summed E-state index contributed by atoms with van der Waals surface area (Å²) in [6.45, 7) is 6.34. The minimum atomic E-state index is -0.804. The van der Waals surface area contributed by atoms with Gasteiger partial charge in [-0.25, -0.2) is 0 Å². The first-order valence-corrected chi connectivity index (χ1v) is 22.7. The molecule has 318 valence electrons. The van der Waals surface area contributed by atoms with Crippen molar-refractivity contribution in [2.45, 2.75) is 200 Å². The Bertz CT molecular complexity index is 1120. The Morgan fingerprint density at radius 3 is 1.23 bits per heavy atom. The number of hydrogen-bond acceptors (Lipinski definition) is 6. The Labute approximate surface area is 344 Å². The third kappa shape index (κ3) is 41.7. The summed E-state index contributed by atoms with van der Waals surface area (Å²) < 4.78 is 16.6. The highest BCUT2D eigenvalue weighted by molar-refractivity contribution is 5.71. The van der Waals surface area contributed by atoms with E-state index in [4.69, 9.17) is 14.2 Å². The molecule has 0 aliphatic heterocycles. The molecule has 0 aromatic rings. The van der Waals surface area contributed by atoms with E-state index in [0.717, 1.165) is 89.9 Å². The SMILES string of the molecule is CC\C=C/C=C\C=C/C=C\CCCCCC(=O)OC(COC(=O)CCCCCC/C=C\CCCC)COC(=O)CCCCCCCC/C=C\C=C/CCCCC. The lowest BCUT2D eigenvalue weighted by atomic mass is 10.1. The highest BCUT2D eigenvalue weighted by Gasteiger charge is 2.19. The zero-order chi connectivity index (χ0) is 40.8. The van der Waals surface area contributed by atoms with Gasteiger partial charge >= 0.3 is 17.9 Å². The van der Waals surface area contributed by atoms with Gasteiger partial charge in [-0.3, -0.25) is 14.4 Å². The first-order chi connectivity index (χ1) is 27.5. The van der Waals surface area contributed by atoms with Crippen molar-refractivity contribution in [1.82, 2.24) is 0 Å². The molecule has 0 fully saturated rings. The van der Waals surface area contributed by atoms with Crippen molar-refractivity contribution in [3.8, 4) is 0 Å². The van der Waals surface area contributed by atoms with E-state index >= 15 is 0 Å². The number of ether oxygens (including phenoxy) is 3. The van der Waals surface area contributed by atoms with Gasteiger partial charge in [0.05, 0.1) is 0 Å². The fourth-order valence-electron chi connectivity index (χ4n) is 5.77. The number of unbranched alkanes of at least 4 members (excludes halogenated alkanes) is 18. The summed E-state index contributed by atoms with van der Waals surface area (Å²) in [6.07, 6.45) is 55.6. The fourth-order valence-corrected chi connectivity index (χ4v) is 5.77. The smallest absolute Gasteiger partial charge is 0.306 e. The van der Waals surface area contributed by atoms with Crippen LogP contribution in [0.2, 0.25) is 0 Å². The van der Waals surface area contributed by atoms with Gasteiger partial charge in [-0.2, -0.15) is 0 Å². The molecule has 0 amide bonds. The average Bonchev–Trinajstić information content (AvgIpc) is 3.19. The largest absolute Gasteiger partial charge is 0.462 e. The van der Waals surface area contributed by atoms with Crippen LogP contribution in [0.3, 0.4) is 0 Å². The topological polar surface area (TPSA) is 78.9 Å². The molecule has 0 spiro atoms. The van der Waals surface area contributed by atoms with E-state index in [9.17, 15) is 14.4 Å². The molecule has 0 radical (unpaired) electrons. The van der Waals surface area contributed by atoms with Crippen molar-refractivity contribution in [2.24, 2.45) is 0 Å². The summed E-state index contributed by atoms with van der Waals surface area (Å²) in [6, 6.07) is 0. The second-order valence-corrected chi connectivity index (χ2v) is 14.7. The first-order valence-electron chi connectivity index (χ1n) is 22.7. The van der Waals surface area contributed by atoms with Crippen LogP contribution in [-0.2, 0) is 28.6 Å². The molecule has 6 nitrogen and oxygen atoms in total. The van der Waals surface area contributed by atoms with E-state index in [1.807, 2.05) is 36.5 Å². The lowest BCUT2D eigenvalue weighted by Crippen LogP contribution is -2.30. The van der Waals surface area contributed by atoms with Gasteiger partial charge in [0.2, 0.25) is 0 Å². The predicted octanol–water partition coefficient (Wildman–Crippen LogP) is 14.5. The second kappa shape index (κ2) is 44.3. The van der Waals surface area contributed by atoms with E-state index in [-0.39, 0.29) is 37.5 Å². The minimum Gasteiger partial charge on any atom is -0.462 e. The summed E-state index contributed by atoms with van der Waals surface area (Å²) in [7, 11) is 0. The molecule has 0 saturated carbocycles. The van der Waals surface area contributed by atoms with Gasteiger partial charge in [0.25, 0.3) is 0 Å². The second-order valence-electron chi connectivity index (χ2n) is 14.7. The van der Waals surface area contributed by atoms with Gasteiger partial charge in [-0.1, -0.05) is 176 Å². The Hall–Kier alpha value is -3.41. The van der Waals surface area contributed by atoms with E-state index in [2.05, 4.69) is 69.4 Å². The van der Waals surface area contributed by atoms with Crippen LogP contribution in [0.1, 0.15) is 194 Å². The van der Waals surface area contributed by atoms with Crippen molar-refractivity contribution in [2.75, 3.05) is 13.2 Å². The number of esters is 3. The van der Waals surface area contributed by atoms with Crippen LogP contribution in [-0.4, -0.2) is 37.2 Å². The number of rotatable bonds is 39. The van der Waals surface area contributed by atoms with E-state index < -0.39 is 6.10 Å². The van der Waals surface area contributed by atoms with Crippen LogP contribution in [0.5, 0.6) is 0 Å². The maximum atomic E-state index is 12.7. The van der Waals surface area contributed by atoms with E-state index in [1.165, 1.54) is 57.8 Å². The Balaban J connectivity index is 4.48. The van der Waals surface area contributed by atoms with Gasteiger partial charge in [-0.05, 0) is 83.5 Å². The molecular formula is C50H82O6. The third-order valence-corrected chi connectivity index (χ3v) is 9.23. The Kier molecular flexibility index (Phi) is 41.6. The average molecular weight is 779 g/mol. The summed E-state index contributed by atoms with van der Waals surface area (Å²) in [4.78, 5) is 37.7. The third-order valence-electron chi connectivity index (χ3n) is 9.23. The molecule has 0 aromatic heterocycles. The molecule has 0 aliphatic carbocycles. The van der Waals surface area contributed by atoms with Crippen LogP contribution < -0.4 is 0 Å². The normalized spacial score (nSPS) is 12.8. The fraction of sp³-hybridized carbons (Fsp3) is 0.660. The zero-order valence-electron chi connectivity index (χ0n) is 36.1. The van der Waals surface area contributed by atoms with Crippen molar-refractivity contribution < 1.29 is 28.6 Å². The molecule has 0 rings (SSSR count). The molecular weight excluding hydrogens is 697 g/mol. The Morgan fingerprint density at radius 2 is 0.732 bits per heavy atom. The van der Waals surface area contributed by atoms with Gasteiger partial charge < -0.3 is 14.2 Å². The van der Waals surface area contributed by atoms with Crippen LogP contribution in [0.25, 0.3) is 0 Å². The summed E-state index contributed by atoms with van der Waals surface area (Å²) >= 11 is 0. The summed E-state index contributed by atoms with van der Waals surface area (Å²) in [5.41, 5.74) is 0. The van der Waals surface area contributed by atoms with Crippen molar-refractivity contribution >= 4 is 17.9 Å². The number of allylic oxidation sites excluding steroid dienone is 14. The quantitative estimate of drug-likeness (QED) is 0.0203. The summed E-state index contributed by atoms with van der Waals surface area (Å²) in [5.74, 6) is -0.977. The number of carbonyl (C=O) groups is 3. The molecule has 1 unspecified atom stereocenters. The maximum absolute atomic E-state index is 12.7. The zero-order valence-corrected chi connectivity index (χ0v) is 36.1. The predicted molar refractivity (Wildman–Crippen MR) is 237 cm³/mol. The molecule has 0 N–H and O–H groups in total. The number of carbonyl (C=O) groups excluding carboxylic acids is 3. The molecule has 1 atom stereocenters. The minimum absolute atomic E-state index is 0.104. The molecule has 0 aromatic carbocycles. The molecule has 6 heteroatoms. The van der Waals surface area contributed by atoms with E-state index in [0.29, 0.717) is 19.3 Å². The lowest BCUT2D eigenvalue weighted by molar-refractivity contribution is -0.167. The molecule has 56 heavy (non-hydrogen) atoms. The summed E-state index contributed by atoms with van der Waals surface area (Å²) in [5, 5.41) is 0. The van der Waals surface area contributed by atoms with Crippen LogP contribution in [0.4, 0.5) is 0 Å². The molecule has 0 aliphatic rings. The first kappa shape index (κ1) is 52.6. The monoisotopic (exact) mass is 779 g/mol. The van der Waals surface area contributed by atoms with E-state index in [1.54, 1.807) is 0 Å². The van der Waals surface area contributed by atoms with Gasteiger partial charge in [-0.15, -0.1) is 0 Å². The molecule has 0 saturated heterocycles. The standard InChI is InChI=1S/C50H82O6/c1-4-7-10-13-16-19-22-24-25-27-28-31-34-37-40-43-49(52)55-46-47(45-54-48(51)42-39-36-33-30-21-18-15-12-9-6-3)56-50(53)44-41-38-35-32-29-26-23-20-17-14-11-8-5-2/h8,11,14-20,22-24,26,29,47H,4-7,9-10,12-13,21,25,27-28,30-46H2,1-3H3/b11-8-,17-14-,18-15-,19-16-,23-20-,24-22-,29-26-. The Morgan fingerprint density at radius 1 is 0.375 bits per heavy atom. The van der Waals surface area contributed by atoms with Crippen molar-refractivity contribution in [3.63, 3.8) is 0 Å².